The molecule has 4 rings (SSSR count). The first-order valence-electron chi connectivity index (χ1n) is 9.17. The Hall–Kier alpha value is -2.06. The number of halogens is 3. The zero-order chi connectivity index (χ0) is 20.1. The molecule has 0 radical (unpaired) electrons. The largest absolute Gasteiger partial charge is 0.416 e. The Bertz CT molecular complexity index is 988. The minimum Gasteiger partial charge on any atom is -0.381 e. The van der Waals surface area contributed by atoms with Crippen LogP contribution in [-0.4, -0.2) is 39.5 Å². The normalized spacial score (nSPS) is 22.9. The first kappa shape index (κ1) is 19.3. The average Bonchev–Trinajstić information content (AvgIpc) is 2.90. The summed E-state index contributed by atoms with van der Waals surface area (Å²) in [5, 5.41) is 3.49. The lowest BCUT2D eigenvalue weighted by Crippen LogP contribution is -2.22. The predicted molar refractivity (Wildman–Crippen MR) is 100 cm³/mol. The Labute approximate surface area is 162 Å². The van der Waals surface area contributed by atoms with Crippen molar-refractivity contribution in [1.29, 1.82) is 0 Å². The van der Waals surface area contributed by atoms with Crippen molar-refractivity contribution in [3.63, 3.8) is 0 Å². The highest BCUT2D eigenvalue weighted by Gasteiger charge is 2.35. The van der Waals surface area contributed by atoms with Crippen molar-refractivity contribution in [3.05, 3.63) is 53.6 Å². The van der Waals surface area contributed by atoms with Gasteiger partial charge in [-0.2, -0.15) is 13.2 Å². The monoisotopic (exact) mass is 410 g/mol. The highest BCUT2D eigenvalue weighted by molar-refractivity contribution is 7.91. The summed E-state index contributed by atoms with van der Waals surface area (Å²) >= 11 is 0. The lowest BCUT2D eigenvalue weighted by Gasteiger charge is -2.16. The highest BCUT2D eigenvalue weighted by atomic mass is 32.2. The summed E-state index contributed by atoms with van der Waals surface area (Å²) in [6.07, 6.45) is -2.58. The number of alkyl halides is 3. The van der Waals surface area contributed by atoms with E-state index in [0.717, 1.165) is 61.4 Å². The van der Waals surface area contributed by atoms with E-state index in [9.17, 15) is 21.6 Å². The molecule has 0 saturated carbocycles. The number of hydrogen-bond acceptors (Lipinski definition) is 4. The van der Waals surface area contributed by atoms with Gasteiger partial charge >= 0.3 is 6.18 Å². The van der Waals surface area contributed by atoms with Gasteiger partial charge in [0, 0.05) is 17.6 Å². The molecule has 2 heterocycles. The number of rotatable bonds is 2. The van der Waals surface area contributed by atoms with Crippen LogP contribution in [0.4, 0.5) is 18.9 Å². The maximum Gasteiger partial charge on any atom is 0.416 e. The van der Waals surface area contributed by atoms with Crippen LogP contribution in [0.2, 0.25) is 0 Å². The molecule has 1 saturated heterocycles. The Morgan fingerprint density at radius 1 is 1.00 bits per heavy atom. The molecule has 28 heavy (non-hydrogen) atoms. The minimum atomic E-state index is -4.50. The van der Waals surface area contributed by atoms with E-state index in [1.165, 1.54) is 6.07 Å². The van der Waals surface area contributed by atoms with Gasteiger partial charge in [-0.3, -0.25) is 0 Å². The zero-order valence-electron chi connectivity index (χ0n) is 15.3. The van der Waals surface area contributed by atoms with Gasteiger partial charge in [0.15, 0.2) is 0 Å². The number of likely N-dealkylation sites (tertiary alicyclic amines) is 1. The van der Waals surface area contributed by atoms with Gasteiger partial charge in [-0.05, 0) is 81.0 Å². The zero-order valence-corrected chi connectivity index (χ0v) is 16.1. The predicted octanol–water partition coefficient (Wildman–Crippen LogP) is 4.14. The highest BCUT2D eigenvalue weighted by Crippen LogP contribution is 2.42. The third kappa shape index (κ3) is 3.39. The Morgan fingerprint density at radius 2 is 1.64 bits per heavy atom. The molecule has 2 aromatic carbocycles. The van der Waals surface area contributed by atoms with Crippen molar-refractivity contribution >= 4 is 15.5 Å². The van der Waals surface area contributed by atoms with Crippen molar-refractivity contribution in [2.45, 2.75) is 40.8 Å². The van der Waals surface area contributed by atoms with Gasteiger partial charge in [0.05, 0.1) is 15.4 Å². The van der Waals surface area contributed by atoms with E-state index < -0.39 is 21.6 Å². The molecular formula is C20H21F3N2O2S. The number of nitrogens with one attached hydrogen (secondary N) is 1. The van der Waals surface area contributed by atoms with Gasteiger partial charge in [-0.1, -0.05) is 0 Å². The molecule has 0 aliphatic carbocycles. The van der Waals surface area contributed by atoms with Gasteiger partial charge in [0.25, 0.3) is 0 Å². The molecular weight excluding hydrogens is 389 g/mol. The van der Waals surface area contributed by atoms with Gasteiger partial charge in [0.2, 0.25) is 9.84 Å². The molecule has 4 nitrogen and oxygen atoms in total. The number of hydrogen-bond donors (Lipinski definition) is 1. The number of anilines is 1. The van der Waals surface area contributed by atoms with Crippen LogP contribution in [0.3, 0.4) is 0 Å². The van der Waals surface area contributed by atoms with Gasteiger partial charge in [-0.25, -0.2) is 8.42 Å². The van der Waals surface area contributed by atoms with E-state index in [0.29, 0.717) is 0 Å². The van der Waals surface area contributed by atoms with Crippen molar-refractivity contribution < 1.29 is 21.6 Å². The number of fused-ring (bicyclic) bond motifs is 3. The maximum atomic E-state index is 13.0. The van der Waals surface area contributed by atoms with E-state index in [-0.39, 0.29) is 21.8 Å². The van der Waals surface area contributed by atoms with Crippen molar-refractivity contribution in [2.75, 3.05) is 25.5 Å². The standard InChI is InChI=1S/C20H21F3N2O2S/c1-25-10-8-16-17-12-15(6-7-18(17)24-19(16)9-11-25)28(26,27)14-4-2-13(3-5-14)20(21,22)23/h2-7,12,16,19,24H,8-11H2,1H3/t16-,19+/m1/s1. The van der Waals surface area contributed by atoms with Crippen LogP contribution >= 0.6 is 0 Å². The first-order valence-corrected chi connectivity index (χ1v) is 10.7. The van der Waals surface area contributed by atoms with E-state index in [4.69, 9.17) is 0 Å². The number of benzene rings is 2. The molecule has 2 aromatic rings. The Morgan fingerprint density at radius 3 is 2.32 bits per heavy atom. The van der Waals surface area contributed by atoms with Crippen molar-refractivity contribution in [3.8, 4) is 0 Å². The summed E-state index contributed by atoms with van der Waals surface area (Å²) in [6, 6.07) is 8.91. The van der Waals surface area contributed by atoms with Crippen LogP contribution in [0, 0.1) is 0 Å². The summed E-state index contributed by atoms with van der Waals surface area (Å²) in [5.74, 6) is 0.239. The van der Waals surface area contributed by atoms with Gasteiger partial charge < -0.3 is 10.2 Å². The van der Waals surface area contributed by atoms with E-state index in [2.05, 4.69) is 17.3 Å². The summed E-state index contributed by atoms with van der Waals surface area (Å²) < 4.78 is 64.2. The lowest BCUT2D eigenvalue weighted by molar-refractivity contribution is -0.137. The fourth-order valence-corrected chi connectivity index (χ4v) is 5.38. The summed E-state index contributed by atoms with van der Waals surface area (Å²) in [6.45, 7) is 1.93. The Balaban J connectivity index is 1.67. The molecule has 0 aromatic heterocycles. The van der Waals surface area contributed by atoms with Crippen molar-refractivity contribution in [1.82, 2.24) is 4.90 Å². The molecule has 1 fully saturated rings. The van der Waals surface area contributed by atoms with E-state index in [1.807, 2.05) is 0 Å². The molecule has 0 amide bonds. The average molecular weight is 410 g/mol. The Kier molecular flexibility index (Phi) is 4.66. The van der Waals surface area contributed by atoms with Crippen LogP contribution < -0.4 is 5.32 Å². The summed E-state index contributed by atoms with van der Waals surface area (Å²) in [5.41, 5.74) is 1.06. The molecule has 0 unspecified atom stereocenters. The lowest BCUT2D eigenvalue weighted by atomic mass is 9.91. The molecule has 2 aliphatic heterocycles. The second kappa shape index (κ2) is 6.77. The molecule has 1 N–H and O–H groups in total. The topological polar surface area (TPSA) is 49.4 Å². The van der Waals surface area contributed by atoms with Gasteiger partial charge in [0.1, 0.15) is 0 Å². The second-order valence-corrected chi connectivity index (χ2v) is 9.46. The number of nitrogens with zero attached hydrogens (tertiary/aromatic N) is 1. The quantitative estimate of drug-likeness (QED) is 0.809. The van der Waals surface area contributed by atoms with Crippen molar-refractivity contribution in [2.24, 2.45) is 0 Å². The fraction of sp³-hybridized carbons (Fsp3) is 0.400. The third-order valence-electron chi connectivity index (χ3n) is 5.69. The van der Waals surface area contributed by atoms with E-state index in [1.54, 1.807) is 12.1 Å². The van der Waals surface area contributed by atoms with Crippen LogP contribution in [0.5, 0.6) is 0 Å². The molecule has 0 spiro atoms. The number of sulfone groups is 1. The van der Waals surface area contributed by atoms with E-state index >= 15 is 0 Å². The minimum absolute atomic E-state index is 0.117. The van der Waals surface area contributed by atoms with Crippen LogP contribution in [0.25, 0.3) is 0 Å². The molecule has 2 atom stereocenters. The first-order chi connectivity index (χ1) is 13.2. The van der Waals surface area contributed by atoms with Crippen LogP contribution in [0.15, 0.2) is 52.3 Å². The summed E-state index contributed by atoms with van der Waals surface area (Å²) in [7, 11) is -1.81. The van der Waals surface area contributed by atoms with Gasteiger partial charge in [-0.15, -0.1) is 0 Å². The van der Waals surface area contributed by atoms with Crippen LogP contribution in [0.1, 0.15) is 29.9 Å². The molecule has 2 aliphatic rings. The third-order valence-corrected chi connectivity index (χ3v) is 7.46. The SMILES string of the molecule is CN1CC[C@@H]2Nc3ccc(S(=O)(=O)c4ccc(C(F)(F)F)cc4)cc3[C@H]2CC1. The smallest absolute Gasteiger partial charge is 0.381 e. The maximum absolute atomic E-state index is 13.0. The fourth-order valence-electron chi connectivity index (χ4n) is 4.08. The van der Waals surface area contributed by atoms with Crippen LogP contribution in [-0.2, 0) is 16.0 Å². The molecule has 0 bridgehead atoms. The summed E-state index contributed by atoms with van der Waals surface area (Å²) in [4.78, 5) is 2.25. The molecule has 150 valence electrons. The molecule has 8 heteroatoms. The second-order valence-electron chi connectivity index (χ2n) is 7.51.